The van der Waals surface area contributed by atoms with Crippen molar-refractivity contribution < 1.29 is 28.2 Å². The maximum absolute atomic E-state index is 12.3. The van der Waals surface area contributed by atoms with Gasteiger partial charge in [0.15, 0.2) is 0 Å². The van der Waals surface area contributed by atoms with Crippen LogP contribution in [0.3, 0.4) is 0 Å². The minimum atomic E-state index is -3.93. The van der Waals surface area contributed by atoms with Crippen molar-refractivity contribution in [1.82, 2.24) is 19.3 Å². The van der Waals surface area contributed by atoms with Gasteiger partial charge in [-0.3, -0.25) is 4.79 Å². The van der Waals surface area contributed by atoms with Gasteiger partial charge in [-0.1, -0.05) is 23.2 Å². The molecule has 11 nitrogen and oxygen atoms in total. The normalized spacial score (nSPS) is 18.5. The molecule has 34 heavy (non-hydrogen) atoms. The zero-order chi connectivity index (χ0) is 24.6. The largest absolute Gasteiger partial charge is 0.481 e. The number of carboxylic acids is 2. The van der Waals surface area contributed by atoms with E-state index in [0.29, 0.717) is 16.6 Å². The third-order valence-electron chi connectivity index (χ3n) is 5.43. The zero-order valence-electron chi connectivity index (χ0n) is 17.4. The molecule has 0 amide bonds. The Morgan fingerprint density at radius 1 is 1.24 bits per heavy atom. The van der Waals surface area contributed by atoms with Crippen molar-refractivity contribution in [3.8, 4) is 5.69 Å². The summed E-state index contributed by atoms with van der Waals surface area (Å²) in [6.07, 6.45) is 4.26. The Morgan fingerprint density at radius 3 is 2.65 bits per heavy atom. The summed E-state index contributed by atoms with van der Waals surface area (Å²) in [7, 11) is -3.93. The number of fused-ring (bicyclic) bond motifs is 1. The summed E-state index contributed by atoms with van der Waals surface area (Å²) in [6, 6.07) is 3.21. The van der Waals surface area contributed by atoms with Crippen LogP contribution in [-0.4, -0.2) is 69.5 Å². The molecule has 2 atom stereocenters. The zero-order valence-corrected chi connectivity index (χ0v) is 19.8. The van der Waals surface area contributed by atoms with Crippen LogP contribution in [0.2, 0.25) is 10.0 Å². The predicted octanol–water partition coefficient (Wildman–Crippen LogP) is 2.15. The number of pyridine rings is 1. The molecule has 1 aromatic carbocycles. The SMILES string of the molecule is O=C(O)CCS(=O)(=O)N[C@@H]1C[C@@H](C(=O)O)N(c2cc(-n3ccnc3)c3ccc(Cl)c(Cl)c3n2)C1. The van der Waals surface area contributed by atoms with Crippen LogP contribution in [0.4, 0.5) is 5.82 Å². The molecule has 4 rings (SSSR count). The molecule has 2 aromatic heterocycles. The summed E-state index contributed by atoms with van der Waals surface area (Å²) in [5, 5.41) is 19.7. The molecule has 1 aliphatic rings. The van der Waals surface area contributed by atoms with E-state index in [9.17, 15) is 23.1 Å². The van der Waals surface area contributed by atoms with Gasteiger partial charge in [-0.15, -0.1) is 0 Å². The van der Waals surface area contributed by atoms with E-state index in [4.69, 9.17) is 28.3 Å². The molecule has 180 valence electrons. The van der Waals surface area contributed by atoms with Crippen molar-refractivity contribution in [3.63, 3.8) is 0 Å². The molecule has 1 aliphatic heterocycles. The van der Waals surface area contributed by atoms with Crippen molar-refractivity contribution in [2.24, 2.45) is 0 Å². The number of nitrogens with zero attached hydrogens (tertiary/aromatic N) is 4. The number of hydrogen-bond acceptors (Lipinski definition) is 7. The Hall–Kier alpha value is -2.93. The van der Waals surface area contributed by atoms with Gasteiger partial charge in [0.1, 0.15) is 11.9 Å². The number of imidazole rings is 1. The second kappa shape index (κ2) is 9.37. The smallest absolute Gasteiger partial charge is 0.326 e. The lowest BCUT2D eigenvalue weighted by Crippen LogP contribution is -2.39. The maximum atomic E-state index is 12.3. The average molecular weight is 528 g/mol. The molecular weight excluding hydrogens is 509 g/mol. The average Bonchev–Trinajstić information content (AvgIpc) is 3.44. The number of anilines is 1. The summed E-state index contributed by atoms with van der Waals surface area (Å²) >= 11 is 12.6. The first kappa shape index (κ1) is 24.2. The summed E-state index contributed by atoms with van der Waals surface area (Å²) in [4.78, 5) is 32.9. The van der Waals surface area contributed by atoms with Crippen LogP contribution < -0.4 is 9.62 Å². The van der Waals surface area contributed by atoms with Crippen LogP contribution in [0.5, 0.6) is 0 Å². The molecule has 3 heterocycles. The second-order valence-corrected chi connectivity index (χ2v) is 10.4. The number of aromatic nitrogens is 3. The van der Waals surface area contributed by atoms with Crippen LogP contribution >= 0.6 is 23.2 Å². The summed E-state index contributed by atoms with van der Waals surface area (Å²) < 4.78 is 28.7. The van der Waals surface area contributed by atoms with E-state index in [2.05, 4.69) is 14.7 Å². The number of halogens is 2. The molecule has 0 aliphatic carbocycles. The van der Waals surface area contributed by atoms with Crippen molar-refractivity contribution >= 4 is 61.9 Å². The van der Waals surface area contributed by atoms with E-state index < -0.39 is 46.2 Å². The van der Waals surface area contributed by atoms with Crippen LogP contribution in [0.1, 0.15) is 12.8 Å². The summed E-state index contributed by atoms with van der Waals surface area (Å²) in [6.45, 7) is 0.00330. The van der Waals surface area contributed by atoms with Gasteiger partial charge in [0.05, 0.1) is 39.8 Å². The monoisotopic (exact) mass is 527 g/mol. The highest BCUT2D eigenvalue weighted by Gasteiger charge is 2.39. The lowest BCUT2D eigenvalue weighted by Gasteiger charge is -2.24. The number of sulfonamides is 1. The van der Waals surface area contributed by atoms with Gasteiger partial charge in [0, 0.05) is 36.4 Å². The number of hydrogen-bond donors (Lipinski definition) is 3. The fourth-order valence-corrected chi connectivity index (χ4v) is 5.51. The molecule has 1 saturated heterocycles. The first-order valence-electron chi connectivity index (χ1n) is 10.0. The maximum Gasteiger partial charge on any atom is 0.326 e. The van der Waals surface area contributed by atoms with Crippen LogP contribution in [-0.2, 0) is 19.6 Å². The van der Waals surface area contributed by atoms with E-state index in [1.165, 1.54) is 4.90 Å². The summed E-state index contributed by atoms with van der Waals surface area (Å²) in [5.41, 5.74) is 0.982. The number of aliphatic carboxylic acids is 2. The summed E-state index contributed by atoms with van der Waals surface area (Å²) in [5.74, 6) is -2.75. The van der Waals surface area contributed by atoms with Gasteiger partial charge in [-0.2, -0.15) is 0 Å². The number of rotatable bonds is 8. The van der Waals surface area contributed by atoms with E-state index in [0.717, 1.165) is 0 Å². The van der Waals surface area contributed by atoms with Crippen molar-refractivity contribution in [1.29, 1.82) is 0 Å². The fourth-order valence-electron chi connectivity index (χ4n) is 3.91. The van der Waals surface area contributed by atoms with Gasteiger partial charge in [0.25, 0.3) is 0 Å². The molecule has 0 unspecified atom stereocenters. The molecule has 0 radical (unpaired) electrons. The number of benzene rings is 1. The molecule has 0 spiro atoms. The molecule has 3 N–H and O–H groups in total. The highest BCUT2D eigenvalue weighted by Crippen LogP contribution is 2.36. The predicted molar refractivity (Wildman–Crippen MR) is 125 cm³/mol. The van der Waals surface area contributed by atoms with Crippen LogP contribution in [0.15, 0.2) is 36.9 Å². The Bertz CT molecular complexity index is 1370. The van der Waals surface area contributed by atoms with Gasteiger partial charge in [0.2, 0.25) is 10.0 Å². The number of nitrogens with one attached hydrogen (secondary N) is 1. The third kappa shape index (κ3) is 4.94. The van der Waals surface area contributed by atoms with E-state index in [1.807, 2.05) is 0 Å². The molecule has 3 aromatic rings. The van der Waals surface area contributed by atoms with Crippen LogP contribution in [0, 0.1) is 0 Å². The minimum Gasteiger partial charge on any atom is -0.481 e. The Morgan fingerprint density at radius 2 is 2.00 bits per heavy atom. The highest BCUT2D eigenvalue weighted by atomic mass is 35.5. The Labute approximate surface area is 204 Å². The van der Waals surface area contributed by atoms with Crippen molar-refractivity contribution in [2.75, 3.05) is 17.2 Å². The van der Waals surface area contributed by atoms with Crippen LogP contribution in [0.25, 0.3) is 16.6 Å². The van der Waals surface area contributed by atoms with E-state index in [-0.39, 0.29) is 28.8 Å². The lowest BCUT2D eigenvalue weighted by atomic mass is 10.1. The standard InChI is InChI=1S/C20H19Cl2N5O6S/c21-13-2-1-12-14(26-5-4-23-10-26)8-16(24-19(12)18(13)22)27-9-11(7-15(27)20(30)31)25-34(32,33)6-3-17(28)29/h1-2,4-5,8,10-11,15,25H,3,6-7,9H2,(H,28,29)(H,30,31)/t11-,15+/m1/s1. The number of carbonyl (C=O) groups is 2. The number of carboxylic acid groups (broad SMARTS) is 2. The Kier molecular flexibility index (Phi) is 6.67. The molecular formula is C20H19Cl2N5O6S. The third-order valence-corrected chi connectivity index (χ3v) is 7.66. The van der Waals surface area contributed by atoms with Gasteiger partial charge in [-0.05, 0) is 18.6 Å². The quantitative estimate of drug-likeness (QED) is 0.399. The van der Waals surface area contributed by atoms with Gasteiger partial charge >= 0.3 is 11.9 Å². The van der Waals surface area contributed by atoms with E-state index >= 15 is 0 Å². The molecule has 14 heteroatoms. The Balaban J connectivity index is 1.74. The molecule has 1 fully saturated rings. The van der Waals surface area contributed by atoms with Crippen molar-refractivity contribution in [2.45, 2.75) is 24.9 Å². The second-order valence-electron chi connectivity index (χ2n) is 7.75. The van der Waals surface area contributed by atoms with E-state index in [1.54, 1.807) is 41.5 Å². The first-order valence-corrected chi connectivity index (χ1v) is 12.4. The van der Waals surface area contributed by atoms with Gasteiger partial charge < -0.3 is 19.7 Å². The molecule has 0 saturated carbocycles. The topological polar surface area (TPSA) is 155 Å². The molecule has 0 bridgehead atoms. The fraction of sp³-hybridized carbons (Fsp3) is 0.300. The highest BCUT2D eigenvalue weighted by molar-refractivity contribution is 7.89. The van der Waals surface area contributed by atoms with Gasteiger partial charge in [-0.25, -0.2) is 27.9 Å². The van der Waals surface area contributed by atoms with Crippen molar-refractivity contribution in [3.05, 3.63) is 47.0 Å². The lowest BCUT2D eigenvalue weighted by molar-refractivity contribution is -0.138. The minimum absolute atomic E-state index is 0.00330. The first-order chi connectivity index (χ1) is 16.1.